The van der Waals surface area contributed by atoms with E-state index in [2.05, 4.69) is 27.2 Å². The molecule has 0 fully saturated rings. The molecule has 0 saturated carbocycles. The number of hydrogen-bond acceptors (Lipinski definition) is 3. The predicted octanol–water partition coefficient (Wildman–Crippen LogP) is 2.02. The zero-order valence-electron chi connectivity index (χ0n) is 8.91. The van der Waals surface area contributed by atoms with Crippen LogP contribution in [0.1, 0.15) is 6.42 Å². The van der Waals surface area contributed by atoms with E-state index in [-0.39, 0.29) is 16.7 Å². The number of nitrogen functional groups attached to an aromatic ring is 1. The summed E-state index contributed by atoms with van der Waals surface area (Å²) in [5, 5.41) is 0. The second-order valence-corrected chi connectivity index (χ2v) is 5.88. The van der Waals surface area contributed by atoms with Gasteiger partial charge in [0.15, 0.2) is 5.82 Å². The number of halogens is 2. The molecule has 0 atom stereocenters. The summed E-state index contributed by atoms with van der Waals surface area (Å²) in [6.45, 7) is 3.63. The third kappa shape index (κ3) is 3.52. The molecule has 0 amide bonds. The molecular weight excluding hydrogens is 311 g/mol. The maximum absolute atomic E-state index is 13.6. The molecule has 1 aromatic rings. The Morgan fingerprint density at radius 2 is 2.18 bits per heavy atom. The summed E-state index contributed by atoms with van der Waals surface area (Å²) >= 11 is 2.91. The lowest BCUT2D eigenvalue weighted by Gasteiger charge is -2.08. The SMILES string of the molecule is C=CCCNS(=O)(=O)c1cc(N)cc(Br)c1F. The van der Waals surface area contributed by atoms with E-state index in [9.17, 15) is 12.8 Å². The standard InChI is InChI=1S/C10H12BrFN2O2S/c1-2-3-4-14-17(15,16)9-6-7(13)5-8(11)10(9)12/h2,5-6,14H,1,3-4,13H2. The van der Waals surface area contributed by atoms with Crippen molar-refractivity contribution in [2.75, 3.05) is 12.3 Å². The summed E-state index contributed by atoms with van der Waals surface area (Å²) in [6.07, 6.45) is 2.03. The molecule has 0 unspecified atom stereocenters. The first-order valence-electron chi connectivity index (χ1n) is 4.73. The van der Waals surface area contributed by atoms with Gasteiger partial charge in [-0.3, -0.25) is 0 Å². The van der Waals surface area contributed by atoms with Crippen LogP contribution in [0.25, 0.3) is 0 Å². The number of nitrogens with one attached hydrogen (secondary N) is 1. The Balaban J connectivity index is 3.10. The van der Waals surface area contributed by atoms with Crippen molar-refractivity contribution in [3.63, 3.8) is 0 Å². The molecule has 7 heteroatoms. The van der Waals surface area contributed by atoms with Gasteiger partial charge in [0, 0.05) is 12.2 Å². The van der Waals surface area contributed by atoms with Gasteiger partial charge in [0.25, 0.3) is 0 Å². The van der Waals surface area contributed by atoms with Crippen molar-refractivity contribution < 1.29 is 12.8 Å². The molecular formula is C10H12BrFN2O2S. The van der Waals surface area contributed by atoms with Gasteiger partial charge < -0.3 is 5.73 Å². The minimum Gasteiger partial charge on any atom is -0.399 e. The second-order valence-electron chi connectivity index (χ2n) is 3.29. The lowest BCUT2D eigenvalue weighted by atomic mass is 10.3. The highest BCUT2D eigenvalue weighted by atomic mass is 79.9. The highest BCUT2D eigenvalue weighted by Crippen LogP contribution is 2.25. The van der Waals surface area contributed by atoms with Gasteiger partial charge in [0.1, 0.15) is 4.90 Å². The second kappa shape index (κ2) is 5.61. The molecule has 0 heterocycles. The van der Waals surface area contributed by atoms with Crippen molar-refractivity contribution in [3.05, 3.63) is 35.1 Å². The summed E-state index contributed by atoms with van der Waals surface area (Å²) in [6, 6.07) is 2.38. The van der Waals surface area contributed by atoms with Crippen molar-refractivity contribution in [2.24, 2.45) is 0 Å². The quantitative estimate of drug-likeness (QED) is 0.495. The largest absolute Gasteiger partial charge is 0.399 e. The minimum absolute atomic E-state index is 0.0154. The Morgan fingerprint density at radius 3 is 2.76 bits per heavy atom. The summed E-state index contributed by atoms with van der Waals surface area (Å²) in [7, 11) is -3.89. The first-order valence-corrected chi connectivity index (χ1v) is 7.01. The third-order valence-corrected chi connectivity index (χ3v) is 3.98. The van der Waals surface area contributed by atoms with Gasteiger partial charge in [-0.2, -0.15) is 0 Å². The van der Waals surface area contributed by atoms with Crippen molar-refractivity contribution >= 4 is 31.6 Å². The van der Waals surface area contributed by atoms with Crippen LogP contribution >= 0.6 is 15.9 Å². The van der Waals surface area contributed by atoms with E-state index in [0.29, 0.717) is 6.42 Å². The van der Waals surface area contributed by atoms with Gasteiger partial charge in [0.05, 0.1) is 4.47 Å². The molecule has 94 valence electrons. The highest BCUT2D eigenvalue weighted by Gasteiger charge is 2.20. The molecule has 17 heavy (non-hydrogen) atoms. The van der Waals surface area contributed by atoms with E-state index < -0.39 is 20.7 Å². The first kappa shape index (κ1) is 14.1. The Hall–Kier alpha value is -0.920. The van der Waals surface area contributed by atoms with Gasteiger partial charge in [-0.15, -0.1) is 6.58 Å². The number of rotatable bonds is 5. The van der Waals surface area contributed by atoms with Crippen molar-refractivity contribution in [1.29, 1.82) is 0 Å². The lowest BCUT2D eigenvalue weighted by Crippen LogP contribution is -2.25. The molecule has 0 saturated heterocycles. The van der Waals surface area contributed by atoms with Gasteiger partial charge in [0.2, 0.25) is 10.0 Å². The maximum Gasteiger partial charge on any atom is 0.243 e. The van der Waals surface area contributed by atoms with E-state index in [1.165, 1.54) is 6.07 Å². The van der Waals surface area contributed by atoms with Crippen molar-refractivity contribution in [3.8, 4) is 0 Å². The monoisotopic (exact) mass is 322 g/mol. The number of anilines is 1. The van der Waals surface area contributed by atoms with Gasteiger partial charge >= 0.3 is 0 Å². The normalized spacial score (nSPS) is 11.4. The first-order chi connectivity index (χ1) is 7.88. The Bertz CT molecular complexity index is 531. The van der Waals surface area contributed by atoms with E-state index in [0.717, 1.165) is 6.07 Å². The molecule has 0 aromatic heterocycles. The molecule has 4 nitrogen and oxygen atoms in total. The molecule has 0 aliphatic carbocycles. The number of benzene rings is 1. The maximum atomic E-state index is 13.6. The van der Waals surface area contributed by atoms with Crippen LogP contribution in [-0.2, 0) is 10.0 Å². The summed E-state index contributed by atoms with van der Waals surface area (Å²) in [5.41, 5.74) is 5.64. The Labute approximate surface area is 108 Å². The van der Waals surface area contributed by atoms with Crippen LogP contribution in [0.15, 0.2) is 34.2 Å². The fraction of sp³-hybridized carbons (Fsp3) is 0.200. The van der Waals surface area contributed by atoms with E-state index in [1.807, 2.05) is 0 Å². The molecule has 0 radical (unpaired) electrons. The molecule has 0 aliphatic heterocycles. The Morgan fingerprint density at radius 1 is 1.53 bits per heavy atom. The third-order valence-electron chi connectivity index (χ3n) is 1.95. The van der Waals surface area contributed by atoms with E-state index in [1.54, 1.807) is 6.08 Å². The Kier molecular flexibility index (Phi) is 4.67. The molecule has 3 N–H and O–H groups in total. The molecule has 0 aliphatic rings. The molecule has 1 rings (SSSR count). The predicted molar refractivity (Wildman–Crippen MR) is 68.5 cm³/mol. The van der Waals surface area contributed by atoms with Crippen molar-refractivity contribution in [1.82, 2.24) is 4.72 Å². The number of nitrogens with two attached hydrogens (primary N) is 1. The van der Waals surface area contributed by atoms with E-state index in [4.69, 9.17) is 5.73 Å². The smallest absolute Gasteiger partial charge is 0.243 e. The van der Waals surface area contributed by atoms with Crippen LogP contribution in [0.4, 0.5) is 10.1 Å². The van der Waals surface area contributed by atoms with E-state index >= 15 is 0 Å². The average Bonchev–Trinajstić information content (AvgIpc) is 2.23. The zero-order chi connectivity index (χ0) is 13.1. The zero-order valence-corrected chi connectivity index (χ0v) is 11.3. The van der Waals surface area contributed by atoms with Gasteiger partial charge in [-0.05, 0) is 34.5 Å². The van der Waals surface area contributed by atoms with Gasteiger partial charge in [-0.1, -0.05) is 6.08 Å². The number of hydrogen-bond donors (Lipinski definition) is 2. The van der Waals surface area contributed by atoms with Crippen LogP contribution in [-0.4, -0.2) is 15.0 Å². The van der Waals surface area contributed by atoms with Crippen LogP contribution in [0.2, 0.25) is 0 Å². The van der Waals surface area contributed by atoms with Crippen LogP contribution in [0, 0.1) is 5.82 Å². The average molecular weight is 323 g/mol. The van der Waals surface area contributed by atoms with Crippen LogP contribution < -0.4 is 10.5 Å². The topological polar surface area (TPSA) is 72.2 Å². The fourth-order valence-electron chi connectivity index (χ4n) is 1.15. The molecule has 0 spiro atoms. The van der Waals surface area contributed by atoms with Crippen LogP contribution in [0.3, 0.4) is 0 Å². The summed E-state index contributed by atoms with van der Waals surface area (Å²) in [5.74, 6) is -0.856. The summed E-state index contributed by atoms with van der Waals surface area (Å²) < 4.78 is 39.5. The van der Waals surface area contributed by atoms with Gasteiger partial charge in [-0.25, -0.2) is 17.5 Å². The summed E-state index contributed by atoms with van der Waals surface area (Å²) in [4.78, 5) is -0.464. The fourth-order valence-corrected chi connectivity index (χ4v) is 2.94. The molecule has 0 bridgehead atoms. The van der Waals surface area contributed by atoms with Crippen LogP contribution in [0.5, 0.6) is 0 Å². The lowest BCUT2D eigenvalue weighted by molar-refractivity contribution is 0.555. The van der Waals surface area contributed by atoms with Crippen molar-refractivity contribution in [2.45, 2.75) is 11.3 Å². The molecule has 1 aromatic carbocycles. The minimum atomic E-state index is -3.89. The highest BCUT2D eigenvalue weighted by molar-refractivity contribution is 9.10. The number of sulfonamides is 1.